The van der Waals surface area contributed by atoms with E-state index in [1.54, 1.807) is 0 Å². The lowest BCUT2D eigenvalue weighted by atomic mass is 9.95. The van der Waals surface area contributed by atoms with E-state index in [9.17, 15) is 0 Å². The summed E-state index contributed by atoms with van der Waals surface area (Å²) in [7, 11) is 0. The number of hydrogen-bond donors (Lipinski definition) is 0. The standard InChI is InChI=1S/C21H22ClN3O2/c22-17-7-5-16(6-8-17)21(10-11-21)20-24-23-19-15(3-1-12-25(19)20)4-9-18-26-13-2-14-27-18/h1,3,5-8,12,18H,2,4,9-11,13-14H2. The molecule has 0 radical (unpaired) electrons. The van der Waals surface area contributed by atoms with Crippen LogP contribution in [0.4, 0.5) is 0 Å². The van der Waals surface area contributed by atoms with Crippen LogP contribution < -0.4 is 0 Å². The van der Waals surface area contributed by atoms with Gasteiger partial charge in [0.1, 0.15) is 5.82 Å². The van der Waals surface area contributed by atoms with E-state index in [1.165, 1.54) is 11.1 Å². The Hall–Kier alpha value is -1.95. The van der Waals surface area contributed by atoms with Crippen LogP contribution in [0.15, 0.2) is 42.6 Å². The van der Waals surface area contributed by atoms with Crippen molar-refractivity contribution in [2.75, 3.05) is 13.2 Å². The summed E-state index contributed by atoms with van der Waals surface area (Å²) >= 11 is 6.07. The van der Waals surface area contributed by atoms with Gasteiger partial charge in [-0.25, -0.2) is 0 Å². The fourth-order valence-corrected chi connectivity index (χ4v) is 4.13. The molecule has 0 bridgehead atoms. The molecule has 0 N–H and O–H groups in total. The number of benzene rings is 1. The molecule has 5 nitrogen and oxygen atoms in total. The number of ether oxygens (including phenoxy) is 2. The smallest absolute Gasteiger partial charge is 0.164 e. The number of rotatable bonds is 5. The van der Waals surface area contributed by atoms with Crippen molar-refractivity contribution in [1.29, 1.82) is 0 Å². The zero-order valence-electron chi connectivity index (χ0n) is 15.1. The van der Waals surface area contributed by atoms with Gasteiger partial charge in [0.2, 0.25) is 0 Å². The highest BCUT2D eigenvalue weighted by Gasteiger charge is 2.49. The molecule has 0 atom stereocenters. The predicted octanol–water partition coefficient (Wildman–Crippen LogP) is 4.16. The minimum Gasteiger partial charge on any atom is -0.353 e. The maximum absolute atomic E-state index is 6.07. The van der Waals surface area contributed by atoms with Gasteiger partial charge in [0.05, 0.1) is 18.6 Å². The summed E-state index contributed by atoms with van der Waals surface area (Å²) in [6.45, 7) is 1.57. The van der Waals surface area contributed by atoms with E-state index >= 15 is 0 Å². The van der Waals surface area contributed by atoms with Gasteiger partial charge in [-0.2, -0.15) is 0 Å². The maximum Gasteiger partial charge on any atom is 0.164 e. The van der Waals surface area contributed by atoms with Crippen molar-refractivity contribution >= 4 is 17.2 Å². The molecule has 1 saturated carbocycles. The lowest BCUT2D eigenvalue weighted by Gasteiger charge is -2.23. The van der Waals surface area contributed by atoms with E-state index in [0.29, 0.717) is 0 Å². The van der Waals surface area contributed by atoms with Crippen LogP contribution >= 0.6 is 11.6 Å². The van der Waals surface area contributed by atoms with Crippen LogP contribution in [-0.4, -0.2) is 34.1 Å². The SMILES string of the molecule is Clc1ccc(C2(c3nnc4c(CCC5OCCCO5)cccn34)CC2)cc1. The Morgan fingerprint density at radius 3 is 2.59 bits per heavy atom. The molecule has 2 aliphatic rings. The first-order chi connectivity index (χ1) is 13.3. The van der Waals surface area contributed by atoms with Gasteiger partial charge < -0.3 is 9.47 Å². The van der Waals surface area contributed by atoms with Gasteiger partial charge in [0, 0.05) is 17.6 Å². The first kappa shape index (κ1) is 17.2. The highest BCUT2D eigenvalue weighted by Crippen LogP contribution is 2.52. The molecule has 1 aliphatic heterocycles. The van der Waals surface area contributed by atoms with Gasteiger partial charge in [0.15, 0.2) is 11.9 Å². The van der Waals surface area contributed by atoms with Crippen LogP contribution in [0.2, 0.25) is 5.02 Å². The first-order valence-electron chi connectivity index (χ1n) is 9.59. The normalized spacial score (nSPS) is 19.4. The summed E-state index contributed by atoms with van der Waals surface area (Å²) in [6.07, 6.45) is 6.81. The van der Waals surface area contributed by atoms with Crippen molar-refractivity contribution < 1.29 is 9.47 Å². The van der Waals surface area contributed by atoms with Crippen molar-refractivity contribution in [3.63, 3.8) is 0 Å². The summed E-state index contributed by atoms with van der Waals surface area (Å²) < 4.78 is 13.5. The van der Waals surface area contributed by atoms with Crippen molar-refractivity contribution in [2.24, 2.45) is 0 Å². The van der Waals surface area contributed by atoms with Crippen LogP contribution in [0, 0.1) is 0 Å². The van der Waals surface area contributed by atoms with Gasteiger partial charge >= 0.3 is 0 Å². The zero-order valence-corrected chi connectivity index (χ0v) is 15.9. The lowest BCUT2D eigenvalue weighted by Crippen LogP contribution is -2.25. The third-order valence-corrected chi connectivity index (χ3v) is 5.89. The Bertz CT molecular complexity index is 944. The molecule has 2 aromatic heterocycles. The third-order valence-electron chi connectivity index (χ3n) is 5.64. The summed E-state index contributed by atoms with van der Waals surface area (Å²) in [4.78, 5) is 0. The lowest BCUT2D eigenvalue weighted by molar-refractivity contribution is -0.180. The maximum atomic E-state index is 6.07. The molecular formula is C21H22ClN3O2. The topological polar surface area (TPSA) is 48.7 Å². The van der Waals surface area contributed by atoms with Gasteiger partial charge in [-0.1, -0.05) is 29.8 Å². The number of hydrogen-bond acceptors (Lipinski definition) is 4. The Morgan fingerprint density at radius 2 is 1.85 bits per heavy atom. The second-order valence-electron chi connectivity index (χ2n) is 7.40. The number of nitrogens with zero attached hydrogens (tertiary/aromatic N) is 3. The van der Waals surface area contributed by atoms with E-state index in [4.69, 9.17) is 21.1 Å². The number of fused-ring (bicyclic) bond motifs is 1. The number of halogens is 1. The summed E-state index contributed by atoms with van der Waals surface area (Å²) in [5, 5.41) is 9.90. The van der Waals surface area contributed by atoms with Gasteiger partial charge in [-0.3, -0.25) is 4.40 Å². The number of pyridine rings is 1. The van der Waals surface area contributed by atoms with Crippen molar-refractivity contribution in [2.45, 2.75) is 43.8 Å². The fraction of sp³-hybridized carbons (Fsp3) is 0.429. The number of aromatic nitrogens is 3. The van der Waals surface area contributed by atoms with Crippen LogP contribution in [0.5, 0.6) is 0 Å². The second kappa shape index (κ2) is 6.89. The molecule has 3 aromatic rings. The molecule has 1 aromatic carbocycles. The Morgan fingerprint density at radius 1 is 1.07 bits per heavy atom. The van der Waals surface area contributed by atoms with Crippen LogP contribution in [0.25, 0.3) is 5.65 Å². The van der Waals surface area contributed by atoms with Crippen LogP contribution in [0.1, 0.15) is 42.6 Å². The Kier molecular flexibility index (Phi) is 4.38. The summed E-state index contributed by atoms with van der Waals surface area (Å²) in [5.74, 6) is 1.02. The Labute approximate surface area is 163 Å². The van der Waals surface area contributed by atoms with E-state index < -0.39 is 0 Å². The van der Waals surface area contributed by atoms with Gasteiger partial charge in [0.25, 0.3) is 0 Å². The summed E-state index contributed by atoms with van der Waals surface area (Å²) in [6, 6.07) is 12.3. The Balaban J connectivity index is 1.44. The second-order valence-corrected chi connectivity index (χ2v) is 7.84. The van der Waals surface area contributed by atoms with Crippen LogP contribution in [0.3, 0.4) is 0 Å². The number of aryl methyl sites for hydroxylation is 1. The molecule has 1 aliphatic carbocycles. The minimum atomic E-state index is -0.106. The van der Waals surface area contributed by atoms with Crippen LogP contribution in [-0.2, 0) is 21.3 Å². The molecule has 1 saturated heterocycles. The molecule has 27 heavy (non-hydrogen) atoms. The fourth-order valence-electron chi connectivity index (χ4n) is 4.00. The molecule has 0 amide bonds. The van der Waals surface area contributed by atoms with E-state index in [0.717, 1.165) is 61.8 Å². The minimum absolute atomic E-state index is 0.0434. The molecule has 6 heteroatoms. The molecular weight excluding hydrogens is 362 g/mol. The highest BCUT2D eigenvalue weighted by molar-refractivity contribution is 6.30. The quantitative estimate of drug-likeness (QED) is 0.663. The molecule has 0 spiro atoms. The average Bonchev–Trinajstić information content (AvgIpc) is 3.39. The monoisotopic (exact) mass is 383 g/mol. The zero-order chi connectivity index (χ0) is 18.3. The molecule has 0 unspecified atom stereocenters. The van der Waals surface area contributed by atoms with Crippen molar-refractivity contribution in [3.8, 4) is 0 Å². The first-order valence-corrected chi connectivity index (χ1v) is 9.96. The third kappa shape index (κ3) is 3.14. The van der Waals surface area contributed by atoms with Crippen molar-refractivity contribution in [1.82, 2.24) is 14.6 Å². The largest absolute Gasteiger partial charge is 0.353 e. The van der Waals surface area contributed by atoms with E-state index in [-0.39, 0.29) is 11.7 Å². The molecule has 3 heterocycles. The van der Waals surface area contributed by atoms with Crippen molar-refractivity contribution in [3.05, 3.63) is 64.6 Å². The summed E-state index contributed by atoms with van der Waals surface area (Å²) in [5.41, 5.74) is 3.33. The molecule has 5 rings (SSSR count). The van der Waals surface area contributed by atoms with Gasteiger partial charge in [-0.05, 0) is 55.0 Å². The average molecular weight is 384 g/mol. The van der Waals surface area contributed by atoms with E-state index in [1.807, 2.05) is 12.1 Å². The van der Waals surface area contributed by atoms with Gasteiger partial charge in [-0.15, -0.1) is 10.2 Å². The highest BCUT2D eigenvalue weighted by atomic mass is 35.5. The predicted molar refractivity (Wildman–Crippen MR) is 103 cm³/mol. The molecule has 2 fully saturated rings. The van der Waals surface area contributed by atoms with E-state index in [2.05, 4.69) is 45.1 Å². The molecule has 140 valence electrons.